The Morgan fingerprint density at radius 1 is 0.388 bits per heavy atom. The zero-order valence-corrected chi connectivity index (χ0v) is 27.5. The van der Waals surface area contributed by atoms with Crippen LogP contribution in [0.25, 0.3) is 87.9 Å². The Balaban J connectivity index is 1.16. The van der Waals surface area contributed by atoms with Crippen molar-refractivity contribution in [3.8, 4) is 44.6 Å². The molecule has 0 N–H and O–H groups in total. The lowest BCUT2D eigenvalue weighted by molar-refractivity contribution is 0.645. The third kappa shape index (κ3) is 4.09. The molecular formula is C48H33N. The highest BCUT2D eigenvalue weighted by Gasteiger charge is 2.33. The normalized spacial score (nSPS) is 13.3. The summed E-state index contributed by atoms with van der Waals surface area (Å²) in [4.78, 5) is 5.16. The number of pyridine rings is 1. The molecule has 0 unspecified atom stereocenters. The first-order valence-electron chi connectivity index (χ1n) is 17.1. The molecule has 0 aliphatic heterocycles. The van der Waals surface area contributed by atoms with Gasteiger partial charge in [-0.15, -0.1) is 0 Å². The van der Waals surface area contributed by atoms with Gasteiger partial charge in [-0.2, -0.15) is 0 Å². The Bertz CT molecular complexity index is 2730. The second-order valence-electron chi connectivity index (χ2n) is 13.9. The van der Waals surface area contributed by atoms with Crippen molar-refractivity contribution in [1.29, 1.82) is 0 Å². The van der Waals surface area contributed by atoms with Gasteiger partial charge in [-0.25, -0.2) is 4.98 Å². The molecule has 1 aliphatic carbocycles. The van der Waals surface area contributed by atoms with Crippen LogP contribution in [0.2, 0.25) is 0 Å². The molecule has 1 aromatic heterocycles. The highest BCUT2D eigenvalue weighted by Crippen LogP contribution is 2.50. The van der Waals surface area contributed by atoms with E-state index in [0.717, 1.165) is 16.6 Å². The van der Waals surface area contributed by atoms with Gasteiger partial charge in [0.2, 0.25) is 0 Å². The molecule has 1 heteroatoms. The summed E-state index contributed by atoms with van der Waals surface area (Å²) in [6.45, 7) is 4.72. The quantitative estimate of drug-likeness (QED) is 0.178. The first-order chi connectivity index (χ1) is 24.1. The summed E-state index contributed by atoms with van der Waals surface area (Å²) in [5, 5.41) is 8.75. The van der Waals surface area contributed by atoms with E-state index in [1.54, 1.807) is 0 Å². The molecule has 0 bridgehead atoms. The van der Waals surface area contributed by atoms with Crippen LogP contribution in [0.5, 0.6) is 0 Å². The fraction of sp³-hybridized carbons (Fsp3) is 0.0625. The Hall–Kier alpha value is -6.05. The van der Waals surface area contributed by atoms with E-state index >= 15 is 0 Å². The molecule has 10 rings (SSSR count). The second-order valence-corrected chi connectivity index (χ2v) is 13.9. The highest BCUT2D eigenvalue weighted by atomic mass is 14.7. The number of hydrogen-bond donors (Lipinski definition) is 0. The molecule has 0 saturated carbocycles. The number of para-hydroxylation sites is 1. The lowest BCUT2D eigenvalue weighted by Crippen LogP contribution is -2.23. The maximum Gasteiger partial charge on any atom is 0.0722 e. The smallest absolute Gasteiger partial charge is 0.0722 e. The topological polar surface area (TPSA) is 12.9 Å². The SMILES string of the molecule is CC1(C)c2ccccc2-c2ccc(-c3ccc(-c4c5ccccc5c(-c5ccc6ccccc6n5)c5ccccc45)cc3)c3cccc1c23. The summed E-state index contributed by atoms with van der Waals surface area (Å²) >= 11 is 0. The predicted molar refractivity (Wildman–Crippen MR) is 208 cm³/mol. The number of aromatic nitrogens is 1. The van der Waals surface area contributed by atoms with Gasteiger partial charge in [0, 0.05) is 16.4 Å². The number of hydrogen-bond acceptors (Lipinski definition) is 1. The Labute approximate surface area is 286 Å². The average Bonchev–Trinajstić information content (AvgIpc) is 3.16. The summed E-state index contributed by atoms with van der Waals surface area (Å²) in [7, 11) is 0. The first kappa shape index (κ1) is 28.0. The maximum atomic E-state index is 5.16. The molecule has 0 spiro atoms. The van der Waals surface area contributed by atoms with Crippen LogP contribution >= 0.6 is 0 Å². The van der Waals surface area contributed by atoms with E-state index in [9.17, 15) is 0 Å². The Kier molecular flexibility index (Phi) is 5.99. The van der Waals surface area contributed by atoms with E-state index in [-0.39, 0.29) is 5.41 Å². The molecule has 0 saturated heterocycles. The van der Waals surface area contributed by atoms with E-state index in [4.69, 9.17) is 4.98 Å². The minimum atomic E-state index is -0.0672. The van der Waals surface area contributed by atoms with Crippen molar-refractivity contribution < 1.29 is 0 Å². The molecule has 0 fully saturated rings. The maximum absolute atomic E-state index is 5.16. The van der Waals surface area contributed by atoms with Crippen molar-refractivity contribution >= 4 is 43.2 Å². The van der Waals surface area contributed by atoms with Gasteiger partial charge in [0.1, 0.15) is 0 Å². The molecule has 230 valence electrons. The number of rotatable bonds is 3. The van der Waals surface area contributed by atoms with Crippen LogP contribution in [0.1, 0.15) is 25.0 Å². The van der Waals surface area contributed by atoms with Gasteiger partial charge in [0.25, 0.3) is 0 Å². The first-order valence-corrected chi connectivity index (χ1v) is 17.1. The lowest BCUT2D eigenvalue weighted by Gasteiger charge is -2.35. The number of benzene rings is 8. The van der Waals surface area contributed by atoms with Gasteiger partial charge in [-0.05, 0) is 89.0 Å². The minimum Gasteiger partial charge on any atom is -0.248 e. The third-order valence-electron chi connectivity index (χ3n) is 10.9. The highest BCUT2D eigenvalue weighted by molar-refractivity contribution is 6.21. The summed E-state index contributed by atoms with van der Waals surface area (Å²) < 4.78 is 0. The van der Waals surface area contributed by atoms with E-state index < -0.39 is 0 Å². The molecule has 1 nitrogen and oxygen atoms in total. The van der Waals surface area contributed by atoms with Crippen LogP contribution in [0, 0.1) is 0 Å². The standard InChI is InChI=1S/C48H33N/c1-48(2)41-19-9-8-13-34(41)40-28-27-33(35-18-11-20-42(48)46(35)40)30-22-24-32(25-23-30)45-36-14-4-6-16-38(36)47(39-17-7-5-15-37(39)45)44-29-26-31-12-3-10-21-43(31)49-44/h3-29H,1-2H3. The lowest BCUT2D eigenvalue weighted by atomic mass is 9.68. The summed E-state index contributed by atoms with van der Waals surface area (Å²) in [6.07, 6.45) is 0. The Morgan fingerprint density at radius 3 is 1.71 bits per heavy atom. The van der Waals surface area contributed by atoms with Crippen molar-refractivity contribution in [3.63, 3.8) is 0 Å². The number of fused-ring (bicyclic) bond motifs is 5. The largest absolute Gasteiger partial charge is 0.248 e. The molecule has 0 amide bonds. The van der Waals surface area contributed by atoms with E-state index in [1.165, 1.54) is 82.4 Å². The van der Waals surface area contributed by atoms with Crippen LogP contribution in [-0.4, -0.2) is 4.98 Å². The second kappa shape index (κ2) is 10.5. The molecule has 1 heterocycles. The molecule has 49 heavy (non-hydrogen) atoms. The van der Waals surface area contributed by atoms with Gasteiger partial charge >= 0.3 is 0 Å². The zero-order valence-electron chi connectivity index (χ0n) is 27.5. The van der Waals surface area contributed by atoms with E-state index in [1.807, 2.05) is 0 Å². The van der Waals surface area contributed by atoms with Crippen molar-refractivity contribution in [2.45, 2.75) is 19.3 Å². The Morgan fingerprint density at radius 2 is 0.959 bits per heavy atom. The van der Waals surface area contributed by atoms with Gasteiger partial charge in [-0.1, -0.05) is 166 Å². The zero-order chi connectivity index (χ0) is 32.7. The van der Waals surface area contributed by atoms with Crippen molar-refractivity contribution in [3.05, 3.63) is 175 Å². The summed E-state index contributed by atoms with van der Waals surface area (Å²) in [6, 6.07) is 60.0. The van der Waals surface area contributed by atoms with Gasteiger partial charge in [0.15, 0.2) is 0 Å². The van der Waals surface area contributed by atoms with Crippen LogP contribution in [-0.2, 0) is 5.41 Å². The molecule has 0 atom stereocenters. The van der Waals surface area contributed by atoms with Crippen molar-refractivity contribution in [2.24, 2.45) is 0 Å². The van der Waals surface area contributed by atoms with Crippen molar-refractivity contribution in [2.75, 3.05) is 0 Å². The van der Waals surface area contributed by atoms with Gasteiger partial charge in [-0.3, -0.25) is 0 Å². The van der Waals surface area contributed by atoms with E-state index in [0.29, 0.717) is 0 Å². The molecular weight excluding hydrogens is 591 g/mol. The summed E-state index contributed by atoms with van der Waals surface area (Å²) in [5.41, 5.74) is 13.6. The monoisotopic (exact) mass is 623 g/mol. The minimum absolute atomic E-state index is 0.0672. The fourth-order valence-corrected chi connectivity index (χ4v) is 8.55. The molecule has 0 radical (unpaired) electrons. The third-order valence-corrected chi connectivity index (χ3v) is 10.9. The van der Waals surface area contributed by atoms with Gasteiger partial charge < -0.3 is 0 Å². The molecule has 9 aromatic rings. The van der Waals surface area contributed by atoms with Crippen molar-refractivity contribution in [1.82, 2.24) is 4.98 Å². The van der Waals surface area contributed by atoms with Crippen LogP contribution < -0.4 is 0 Å². The summed E-state index contributed by atoms with van der Waals surface area (Å²) in [5.74, 6) is 0. The molecule has 8 aromatic carbocycles. The van der Waals surface area contributed by atoms with Crippen LogP contribution in [0.4, 0.5) is 0 Å². The van der Waals surface area contributed by atoms with E-state index in [2.05, 4.69) is 178 Å². The van der Waals surface area contributed by atoms with Gasteiger partial charge in [0.05, 0.1) is 11.2 Å². The van der Waals surface area contributed by atoms with Crippen LogP contribution in [0.15, 0.2) is 164 Å². The van der Waals surface area contributed by atoms with Crippen LogP contribution in [0.3, 0.4) is 0 Å². The molecule has 1 aliphatic rings. The number of nitrogens with zero attached hydrogens (tertiary/aromatic N) is 1. The average molecular weight is 624 g/mol. The fourth-order valence-electron chi connectivity index (χ4n) is 8.55. The predicted octanol–water partition coefficient (Wildman–Crippen LogP) is 13.0.